The summed E-state index contributed by atoms with van der Waals surface area (Å²) < 4.78 is 7.21. The second kappa shape index (κ2) is 7.88. The zero-order valence-electron chi connectivity index (χ0n) is 14.4. The van der Waals surface area contributed by atoms with Gasteiger partial charge in [0.05, 0.1) is 13.0 Å². The zero-order chi connectivity index (χ0) is 17.6. The van der Waals surface area contributed by atoms with Crippen LogP contribution in [0.4, 0.5) is 5.69 Å². The lowest BCUT2D eigenvalue weighted by molar-refractivity contribution is -0.126. The van der Waals surface area contributed by atoms with E-state index >= 15 is 0 Å². The monoisotopic (exact) mass is 341 g/mol. The summed E-state index contributed by atoms with van der Waals surface area (Å²) in [6, 6.07) is 11.3. The number of amides is 2. The number of ether oxygens (including phenoxy) is 1. The third kappa shape index (κ3) is 4.21. The second-order valence-electron chi connectivity index (χ2n) is 6.17. The van der Waals surface area contributed by atoms with E-state index in [2.05, 4.69) is 9.88 Å². The van der Waals surface area contributed by atoms with Crippen molar-refractivity contribution in [2.24, 2.45) is 5.92 Å². The lowest BCUT2D eigenvalue weighted by atomic mass is 10.1. The maximum Gasteiger partial charge on any atom is 0.227 e. The smallest absolute Gasteiger partial charge is 0.227 e. The van der Waals surface area contributed by atoms with Gasteiger partial charge in [0, 0.05) is 44.1 Å². The summed E-state index contributed by atoms with van der Waals surface area (Å²) in [5.74, 6) is 0.392. The first-order chi connectivity index (χ1) is 12.2. The third-order valence-electron chi connectivity index (χ3n) is 4.44. The van der Waals surface area contributed by atoms with Gasteiger partial charge in [0.2, 0.25) is 11.8 Å². The van der Waals surface area contributed by atoms with Crippen LogP contribution in [0.2, 0.25) is 0 Å². The van der Waals surface area contributed by atoms with Crippen molar-refractivity contribution < 1.29 is 14.3 Å². The first-order valence-electron chi connectivity index (χ1n) is 8.50. The summed E-state index contributed by atoms with van der Waals surface area (Å²) in [4.78, 5) is 26.2. The average Bonchev–Trinajstić information content (AvgIpc) is 3.28. The molecule has 2 heterocycles. The molecule has 1 aliphatic rings. The Kier molecular flexibility index (Phi) is 5.38. The Balaban J connectivity index is 1.48. The molecule has 0 bridgehead atoms. The first-order valence-corrected chi connectivity index (χ1v) is 8.50. The Labute approximate surface area is 147 Å². The molecule has 1 aliphatic heterocycles. The molecular formula is C19H23N3O3. The van der Waals surface area contributed by atoms with Gasteiger partial charge in [-0.05, 0) is 42.8 Å². The predicted molar refractivity (Wildman–Crippen MR) is 95.5 cm³/mol. The molecule has 6 nitrogen and oxygen atoms in total. The maximum atomic E-state index is 12.3. The van der Waals surface area contributed by atoms with Crippen LogP contribution in [0.15, 0.2) is 48.8 Å². The summed E-state index contributed by atoms with van der Waals surface area (Å²) in [6.07, 6.45) is 5.13. The Morgan fingerprint density at radius 2 is 1.96 bits per heavy atom. The highest BCUT2D eigenvalue weighted by Crippen LogP contribution is 2.26. The molecule has 0 aliphatic carbocycles. The topological polar surface area (TPSA) is 63.6 Å². The summed E-state index contributed by atoms with van der Waals surface area (Å²) in [5, 5.41) is 2.95. The highest BCUT2D eigenvalue weighted by atomic mass is 16.5. The molecular weight excluding hydrogens is 318 g/mol. The van der Waals surface area contributed by atoms with Gasteiger partial charge in [0.25, 0.3) is 0 Å². The number of hydrogen-bond donors (Lipinski definition) is 1. The molecule has 3 rings (SSSR count). The van der Waals surface area contributed by atoms with Crippen molar-refractivity contribution in [3.8, 4) is 5.75 Å². The first kappa shape index (κ1) is 17.1. The quantitative estimate of drug-likeness (QED) is 0.784. The number of carbonyl (C=O) groups excluding carboxylic acids is 2. The van der Waals surface area contributed by atoms with E-state index in [0.717, 1.165) is 24.4 Å². The second-order valence-corrected chi connectivity index (χ2v) is 6.17. The van der Waals surface area contributed by atoms with Crippen LogP contribution in [0.1, 0.15) is 12.8 Å². The van der Waals surface area contributed by atoms with E-state index in [9.17, 15) is 9.59 Å². The lowest BCUT2D eigenvalue weighted by Gasteiger charge is -2.17. The minimum absolute atomic E-state index is 0.0161. The van der Waals surface area contributed by atoms with Gasteiger partial charge in [0.1, 0.15) is 5.75 Å². The Hall–Kier alpha value is -2.76. The van der Waals surface area contributed by atoms with Gasteiger partial charge in [0.15, 0.2) is 0 Å². The molecule has 1 fully saturated rings. The van der Waals surface area contributed by atoms with E-state index in [1.165, 1.54) is 0 Å². The fourth-order valence-electron chi connectivity index (χ4n) is 3.03. The number of nitrogens with zero attached hydrogens (tertiary/aromatic N) is 2. The largest absolute Gasteiger partial charge is 0.497 e. The van der Waals surface area contributed by atoms with Crippen LogP contribution in [0.3, 0.4) is 0 Å². The van der Waals surface area contributed by atoms with Crippen molar-refractivity contribution >= 4 is 17.5 Å². The summed E-state index contributed by atoms with van der Waals surface area (Å²) in [5.41, 5.74) is 0.800. The van der Waals surface area contributed by atoms with E-state index in [-0.39, 0.29) is 24.2 Å². The Morgan fingerprint density at radius 1 is 1.24 bits per heavy atom. The van der Waals surface area contributed by atoms with Gasteiger partial charge >= 0.3 is 0 Å². The van der Waals surface area contributed by atoms with Gasteiger partial charge in [-0.2, -0.15) is 0 Å². The number of nitrogens with one attached hydrogen (secondary N) is 1. The highest BCUT2D eigenvalue weighted by molar-refractivity contribution is 6.00. The number of hydrogen-bond acceptors (Lipinski definition) is 3. The van der Waals surface area contributed by atoms with Crippen molar-refractivity contribution in [2.45, 2.75) is 19.4 Å². The van der Waals surface area contributed by atoms with Crippen molar-refractivity contribution in [3.05, 3.63) is 48.8 Å². The molecule has 0 spiro atoms. The van der Waals surface area contributed by atoms with Crippen molar-refractivity contribution in [1.82, 2.24) is 9.88 Å². The number of rotatable bonds is 7. The van der Waals surface area contributed by atoms with Gasteiger partial charge < -0.3 is 19.5 Å². The van der Waals surface area contributed by atoms with Crippen LogP contribution < -0.4 is 15.0 Å². The highest BCUT2D eigenvalue weighted by Gasteiger charge is 2.34. The van der Waals surface area contributed by atoms with Gasteiger partial charge in [-0.15, -0.1) is 0 Å². The Bertz CT molecular complexity index is 710. The minimum Gasteiger partial charge on any atom is -0.497 e. The van der Waals surface area contributed by atoms with E-state index in [4.69, 9.17) is 4.74 Å². The average molecular weight is 341 g/mol. The van der Waals surface area contributed by atoms with E-state index in [1.54, 1.807) is 12.0 Å². The van der Waals surface area contributed by atoms with Crippen molar-refractivity contribution in [1.29, 1.82) is 0 Å². The molecule has 1 unspecified atom stereocenters. The molecule has 1 saturated heterocycles. The molecule has 25 heavy (non-hydrogen) atoms. The maximum absolute atomic E-state index is 12.3. The number of aromatic nitrogens is 1. The fourth-order valence-corrected chi connectivity index (χ4v) is 3.03. The van der Waals surface area contributed by atoms with Crippen LogP contribution in [0.25, 0.3) is 0 Å². The molecule has 2 aromatic rings. The predicted octanol–water partition coefficient (Wildman–Crippen LogP) is 2.06. The van der Waals surface area contributed by atoms with Crippen molar-refractivity contribution in [2.75, 3.05) is 25.1 Å². The summed E-state index contributed by atoms with van der Waals surface area (Å²) in [7, 11) is 1.60. The molecule has 1 N–H and O–H groups in total. The molecule has 1 aromatic carbocycles. The van der Waals surface area contributed by atoms with Crippen LogP contribution >= 0.6 is 0 Å². The molecule has 1 aromatic heterocycles. The number of benzene rings is 1. The molecule has 132 valence electrons. The van der Waals surface area contributed by atoms with Crippen LogP contribution in [-0.4, -0.2) is 36.6 Å². The Morgan fingerprint density at radius 3 is 2.64 bits per heavy atom. The number of anilines is 1. The molecule has 6 heteroatoms. The van der Waals surface area contributed by atoms with Gasteiger partial charge in [-0.25, -0.2) is 0 Å². The summed E-state index contributed by atoms with van der Waals surface area (Å²) >= 11 is 0. The third-order valence-corrected chi connectivity index (χ3v) is 4.44. The SMILES string of the molecule is COc1ccc(N2CC(C(=O)NCCCn3cccc3)CC2=O)cc1. The normalized spacial score (nSPS) is 16.9. The molecule has 2 amide bonds. The van der Waals surface area contributed by atoms with E-state index in [1.807, 2.05) is 48.8 Å². The zero-order valence-corrected chi connectivity index (χ0v) is 14.4. The van der Waals surface area contributed by atoms with E-state index in [0.29, 0.717) is 13.1 Å². The van der Waals surface area contributed by atoms with Gasteiger partial charge in [-0.3, -0.25) is 9.59 Å². The van der Waals surface area contributed by atoms with Crippen molar-refractivity contribution in [3.63, 3.8) is 0 Å². The number of carbonyl (C=O) groups is 2. The van der Waals surface area contributed by atoms with Gasteiger partial charge in [-0.1, -0.05) is 0 Å². The summed E-state index contributed by atoms with van der Waals surface area (Å²) in [6.45, 7) is 1.91. The fraction of sp³-hybridized carbons (Fsp3) is 0.368. The van der Waals surface area contributed by atoms with Crippen LogP contribution in [-0.2, 0) is 16.1 Å². The minimum atomic E-state index is -0.291. The molecule has 0 radical (unpaired) electrons. The standard InChI is InChI=1S/C19H23N3O3/c1-25-17-7-5-16(6-8-17)22-14-15(13-18(22)23)19(24)20-9-4-12-21-10-2-3-11-21/h2-3,5-8,10-11,15H,4,9,12-14H2,1H3,(H,20,24). The molecule has 1 atom stereocenters. The van der Waals surface area contributed by atoms with Crippen LogP contribution in [0.5, 0.6) is 5.75 Å². The number of aryl methyl sites for hydroxylation is 1. The van der Waals surface area contributed by atoms with E-state index < -0.39 is 0 Å². The molecule has 0 saturated carbocycles. The lowest BCUT2D eigenvalue weighted by Crippen LogP contribution is -2.33. The number of methoxy groups -OCH3 is 1. The van der Waals surface area contributed by atoms with Crippen LogP contribution in [0, 0.1) is 5.92 Å².